The second kappa shape index (κ2) is 4.04. The van der Waals surface area contributed by atoms with Gasteiger partial charge in [0.25, 0.3) is 0 Å². The van der Waals surface area contributed by atoms with Crippen LogP contribution in [-0.4, -0.2) is 4.98 Å². The maximum atomic E-state index is 5.87. The second-order valence-corrected chi connectivity index (χ2v) is 3.72. The molecular formula is C11H11ClN2O. The number of aromatic nitrogens is 1. The molecule has 1 heterocycles. The minimum atomic E-state index is 0.312. The van der Waals surface area contributed by atoms with Crippen LogP contribution in [0.4, 0.5) is 0 Å². The molecule has 0 saturated carbocycles. The van der Waals surface area contributed by atoms with Crippen LogP contribution in [0, 0.1) is 6.92 Å². The Kier molecular flexibility index (Phi) is 2.75. The van der Waals surface area contributed by atoms with Crippen molar-refractivity contribution < 1.29 is 4.42 Å². The number of halogens is 1. The van der Waals surface area contributed by atoms with E-state index in [4.69, 9.17) is 21.8 Å². The van der Waals surface area contributed by atoms with Crippen molar-refractivity contribution in [3.05, 3.63) is 40.9 Å². The number of hydrogen-bond acceptors (Lipinski definition) is 3. The molecule has 3 nitrogen and oxygen atoms in total. The van der Waals surface area contributed by atoms with Crippen molar-refractivity contribution >= 4 is 11.6 Å². The summed E-state index contributed by atoms with van der Waals surface area (Å²) >= 11 is 5.87. The summed E-state index contributed by atoms with van der Waals surface area (Å²) in [5, 5.41) is 0.717. The van der Waals surface area contributed by atoms with E-state index in [1.54, 1.807) is 6.20 Å². The van der Waals surface area contributed by atoms with Gasteiger partial charge in [0.1, 0.15) is 0 Å². The van der Waals surface area contributed by atoms with Crippen LogP contribution >= 0.6 is 11.6 Å². The third-order valence-corrected chi connectivity index (χ3v) is 2.42. The van der Waals surface area contributed by atoms with E-state index in [2.05, 4.69) is 4.98 Å². The van der Waals surface area contributed by atoms with Crippen LogP contribution in [0.2, 0.25) is 5.02 Å². The van der Waals surface area contributed by atoms with Gasteiger partial charge in [-0.15, -0.1) is 0 Å². The predicted molar refractivity (Wildman–Crippen MR) is 59.6 cm³/mol. The first-order chi connectivity index (χ1) is 7.20. The monoisotopic (exact) mass is 222 g/mol. The highest BCUT2D eigenvalue weighted by molar-refractivity contribution is 6.30. The minimum absolute atomic E-state index is 0.312. The van der Waals surface area contributed by atoms with Crippen LogP contribution in [0.5, 0.6) is 0 Å². The van der Waals surface area contributed by atoms with Crippen LogP contribution in [0.25, 0.3) is 11.3 Å². The number of hydrogen-bond donors (Lipinski definition) is 1. The molecule has 2 rings (SSSR count). The van der Waals surface area contributed by atoms with Crippen molar-refractivity contribution in [1.29, 1.82) is 0 Å². The summed E-state index contributed by atoms with van der Waals surface area (Å²) in [4.78, 5) is 4.05. The molecule has 0 unspecified atom stereocenters. The Morgan fingerprint density at radius 2 is 2.27 bits per heavy atom. The molecule has 1 aromatic carbocycles. The normalized spacial score (nSPS) is 10.6. The average molecular weight is 223 g/mol. The minimum Gasteiger partial charge on any atom is -0.439 e. The molecule has 0 fully saturated rings. The lowest BCUT2D eigenvalue weighted by Crippen LogP contribution is -1.94. The van der Waals surface area contributed by atoms with Crippen LogP contribution in [0.3, 0.4) is 0 Å². The van der Waals surface area contributed by atoms with Gasteiger partial charge in [-0.3, -0.25) is 0 Å². The molecule has 0 atom stereocenters. The zero-order valence-electron chi connectivity index (χ0n) is 8.33. The highest BCUT2D eigenvalue weighted by Gasteiger charge is 2.07. The van der Waals surface area contributed by atoms with Gasteiger partial charge in [-0.25, -0.2) is 4.98 Å². The van der Waals surface area contributed by atoms with Crippen LogP contribution in [0.15, 0.2) is 28.8 Å². The van der Waals surface area contributed by atoms with E-state index >= 15 is 0 Å². The first-order valence-electron chi connectivity index (χ1n) is 4.62. The van der Waals surface area contributed by atoms with Gasteiger partial charge in [0.05, 0.1) is 12.7 Å². The van der Waals surface area contributed by atoms with Gasteiger partial charge in [0.2, 0.25) is 5.89 Å². The highest BCUT2D eigenvalue weighted by atomic mass is 35.5. The zero-order valence-corrected chi connectivity index (χ0v) is 9.08. The molecule has 0 aliphatic carbocycles. The lowest BCUT2D eigenvalue weighted by molar-refractivity contribution is 0.509. The van der Waals surface area contributed by atoms with Gasteiger partial charge in [0.15, 0.2) is 5.76 Å². The maximum absolute atomic E-state index is 5.87. The molecule has 0 bridgehead atoms. The molecule has 2 aromatic rings. The summed E-state index contributed by atoms with van der Waals surface area (Å²) in [6.45, 7) is 2.29. The SMILES string of the molecule is Cc1cc(Cl)ccc1-c1cnc(CN)o1. The Balaban J connectivity index is 2.44. The summed E-state index contributed by atoms with van der Waals surface area (Å²) in [6.07, 6.45) is 1.68. The van der Waals surface area contributed by atoms with Crippen LogP contribution in [0.1, 0.15) is 11.5 Å². The Bertz CT molecular complexity index is 479. The summed E-state index contributed by atoms with van der Waals surface area (Å²) in [5.74, 6) is 1.27. The van der Waals surface area contributed by atoms with Crippen molar-refractivity contribution in [3.63, 3.8) is 0 Å². The lowest BCUT2D eigenvalue weighted by atomic mass is 10.1. The molecule has 1 aromatic heterocycles. The zero-order chi connectivity index (χ0) is 10.8. The molecule has 4 heteroatoms. The molecule has 0 aliphatic heterocycles. The average Bonchev–Trinajstić information content (AvgIpc) is 2.66. The number of oxazole rings is 1. The third kappa shape index (κ3) is 2.03. The van der Waals surface area contributed by atoms with Gasteiger partial charge in [0, 0.05) is 10.6 Å². The van der Waals surface area contributed by atoms with E-state index in [1.807, 2.05) is 25.1 Å². The summed E-state index contributed by atoms with van der Waals surface area (Å²) in [7, 11) is 0. The van der Waals surface area contributed by atoms with E-state index in [9.17, 15) is 0 Å². The quantitative estimate of drug-likeness (QED) is 0.850. The van der Waals surface area contributed by atoms with Gasteiger partial charge < -0.3 is 10.2 Å². The molecular weight excluding hydrogens is 212 g/mol. The van der Waals surface area contributed by atoms with Crippen molar-refractivity contribution in [3.8, 4) is 11.3 Å². The number of nitrogens with zero attached hydrogens (tertiary/aromatic N) is 1. The van der Waals surface area contributed by atoms with Gasteiger partial charge in [-0.05, 0) is 30.7 Å². The molecule has 78 valence electrons. The number of benzene rings is 1. The standard InChI is InChI=1S/C11H11ClN2O/c1-7-4-8(12)2-3-9(7)10-6-14-11(5-13)15-10/h2-4,6H,5,13H2,1H3. The van der Waals surface area contributed by atoms with E-state index in [1.165, 1.54) is 0 Å². The Labute approximate surface area is 92.9 Å². The molecule has 15 heavy (non-hydrogen) atoms. The molecule has 0 aliphatic rings. The fraction of sp³-hybridized carbons (Fsp3) is 0.182. The smallest absolute Gasteiger partial charge is 0.208 e. The van der Waals surface area contributed by atoms with Crippen molar-refractivity contribution in [1.82, 2.24) is 4.98 Å². The van der Waals surface area contributed by atoms with Gasteiger partial charge >= 0.3 is 0 Å². The van der Waals surface area contributed by atoms with Gasteiger partial charge in [-0.1, -0.05) is 11.6 Å². The molecule has 0 radical (unpaired) electrons. The lowest BCUT2D eigenvalue weighted by Gasteiger charge is -2.01. The molecule has 2 N–H and O–H groups in total. The highest BCUT2D eigenvalue weighted by Crippen LogP contribution is 2.26. The third-order valence-electron chi connectivity index (χ3n) is 2.18. The van der Waals surface area contributed by atoms with E-state index in [-0.39, 0.29) is 0 Å². The Morgan fingerprint density at radius 1 is 1.47 bits per heavy atom. The largest absolute Gasteiger partial charge is 0.439 e. The summed E-state index contributed by atoms with van der Waals surface area (Å²) in [5.41, 5.74) is 7.48. The maximum Gasteiger partial charge on any atom is 0.208 e. The second-order valence-electron chi connectivity index (χ2n) is 3.28. The number of rotatable bonds is 2. The van der Waals surface area contributed by atoms with E-state index in [0.29, 0.717) is 12.4 Å². The topological polar surface area (TPSA) is 52.0 Å². The molecule has 0 spiro atoms. The predicted octanol–water partition coefficient (Wildman–Crippen LogP) is 2.76. The first-order valence-corrected chi connectivity index (χ1v) is 5.00. The first kappa shape index (κ1) is 10.2. The van der Waals surface area contributed by atoms with Crippen molar-refractivity contribution in [2.45, 2.75) is 13.5 Å². The van der Waals surface area contributed by atoms with Crippen molar-refractivity contribution in [2.24, 2.45) is 5.73 Å². The Hall–Kier alpha value is -1.32. The van der Waals surface area contributed by atoms with Crippen molar-refractivity contribution in [2.75, 3.05) is 0 Å². The van der Waals surface area contributed by atoms with E-state index < -0.39 is 0 Å². The van der Waals surface area contributed by atoms with Crippen LogP contribution in [-0.2, 0) is 6.54 Å². The Morgan fingerprint density at radius 3 is 2.87 bits per heavy atom. The fourth-order valence-corrected chi connectivity index (χ4v) is 1.66. The van der Waals surface area contributed by atoms with Crippen LogP contribution < -0.4 is 5.73 Å². The van der Waals surface area contributed by atoms with Gasteiger partial charge in [-0.2, -0.15) is 0 Å². The number of nitrogens with two attached hydrogens (primary N) is 1. The molecule has 0 amide bonds. The fourth-order valence-electron chi connectivity index (χ4n) is 1.43. The van der Waals surface area contributed by atoms with E-state index in [0.717, 1.165) is 21.9 Å². The summed E-state index contributed by atoms with van der Waals surface area (Å²) < 4.78 is 5.46. The number of aryl methyl sites for hydroxylation is 1. The molecule has 0 saturated heterocycles. The summed E-state index contributed by atoms with van der Waals surface area (Å²) in [6, 6.07) is 5.63.